The molecule has 4 heterocycles. The molecule has 0 aliphatic carbocycles. The van der Waals surface area contributed by atoms with Gasteiger partial charge in [-0.05, 0) is 26.0 Å². The molecule has 0 radical (unpaired) electrons. The first kappa shape index (κ1) is 21.3. The van der Waals surface area contributed by atoms with Gasteiger partial charge in [-0.2, -0.15) is 23.3 Å². The van der Waals surface area contributed by atoms with Crippen LogP contribution in [0, 0.1) is 0 Å². The van der Waals surface area contributed by atoms with Crippen LogP contribution in [0.4, 0.5) is 19.0 Å². The van der Waals surface area contributed by atoms with Crippen molar-refractivity contribution in [1.82, 2.24) is 29.7 Å². The number of amides is 1. The Labute approximate surface area is 179 Å². The zero-order valence-electron chi connectivity index (χ0n) is 17.0. The lowest BCUT2D eigenvalue weighted by Gasteiger charge is -2.07. The lowest BCUT2D eigenvalue weighted by molar-refractivity contribution is -0.154. The molecule has 0 aromatic carbocycles. The lowest BCUT2D eigenvalue weighted by atomic mass is 10.2. The highest BCUT2D eigenvalue weighted by Gasteiger charge is 2.29. The van der Waals surface area contributed by atoms with Crippen LogP contribution in [-0.4, -0.2) is 48.4 Å². The number of nitrogens with one attached hydrogen (secondary N) is 2. The van der Waals surface area contributed by atoms with Crippen molar-refractivity contribution < 1.29 is 22.7 Å². The molecule has 0 saturated carbocycles. The summed E-state index contributed by atoms with van der Waals surface area (Å²) in [6.07, 6.45) is 1.51. The maximum Gasteiger partial charge on any atom is 0.422 e. The number of halogens is 3. The van der Waals surface area contributed by atoms with E-state index >= 15 is 0 Å². The first-order chi connectivity index (χ1) is 15.2. The molecule has 0 atom stereocenters. The van der Waals surface area contributed by atoms with Gasteiger partial charge in [-0.1, -0.05) is 0 Å². The zero-order chi connectivity index (χ0) is 22.9. The van der Waals surface area contributed by atoms with Crippen molar-refractivity contribution in [2.24, 2.45) is 0 Å². The minimum Gasteiger partial charge on any atom is -0.454 e. The van der Waals surface area contributed by atoms with Crippen LogP contribution in [0.2, 0.25) is 0 Å². The molecule has 1 amide bonds. The number of aromatic amines is 1. The fourth-order valence-corrected chi connectivity index (χ4v) is 2.87. The molecular weight excluding hydrogens is 427 g/mol. The van der Waals surface area contributed by atoms with Crippen LogP contribution in [0.1, 0.15) is 30.2 Å². The third-order valence-electron chi connectivity index (χ3n) is 4.41. The number of fused-ring (bicyclic) bond motifs is 1. The number of aromatic nitrogens is 6. The molecule has 0 aliphatic rings. The highest BCUT2D eigenvalue weighted by atomic mass is 19.4. The summed E-state index contributed by atoms with van der Waals surface area (Å²) in [5, 5.41) is 7.58. The van der Waals surface area contributed by atoms with E-state index in [0.29, 0.717) is 28.3 Å². The number of pyridine rings is 1. The lowest BCUT2D eigenvalue weighted by Crippen LogP contribution is -2.20. The summed E-state index contributed by atoms with van der Waals surface area (Å²) >= 11 is 0. The van der Waals surface area contributed by atoms with Crippen LogP contribution < -0.4 is 10.1 Å². The number of carbonyl (C=O) groups is 1. The molecule has 0 saturated heterocycles. The summed E-state index contributed by atoms with van der Waals surface area (Å²) in [7, 11) is 0. The van der Waals surface area contributed by atoms with Crippen molar-refractivity contribution in [3.05, 3.63) is 48.5 Å². The molecule has 0 spiro atoms. The molecule has 32 heavy (non-hydrogen) atoms. The average molecular weight is 445 g/mol. The largest absolute Gasteiger partial charge is 0.454 e. The number of H-pyrrole nitrogens is 1. The van der Waals surface area contributed by atoms with E-state index in [1.165, 1.54) is 18.5 Å². The van der Waals surface area contributed by atoms with Gasteiger partial charge in [0.15, 0.2) is 6.61 Å². The highest BCUT2D eigenvalue weighted by molar-refractivity contribution is 6.04. The maximum atomic E-state index is 12.5. The van der Waals surface area contributed by atoms with Gasteiger partial charge < -0.3 is 15.0 Å². The number of carbonyl (C=O) groups excluding carboxylic acids is 1. The van der Waals surface area contributed by atoms with Gasteiger partial charge >= 0.3 is 12.2 Å². The molecule has 0 fully saturated rings. The SMILES string of the molecule is CC(C)n1cc(C(=O)Nc2cc3[nH]c(-c4ccnc(OCC(F)(F)F)n4)cc3cn2)cn1. The second-order valence-electron chi connectivity index (χ2n) is 7.23. The Morgan fingerprint density at radius 2 is 2.06 bits per heavy atom. The van der Waals surface area contributed by atoms with E-state index in [4.69, 9.17) is 0 Å². The normalized spacial score (nSPS) is 11.8. The van der Waals surface area contributed by atoms with Crippen LogP contribution in [-0.2, 0) is 0 Å². The minimum atomic E-state index is -4.49. The van der Waals surface area contributed by atoms with Gasteiger partial charge in [0.25, 0.3) is 5.91 Å². The third kappa shape index (κ3) is 4.85. The first-order valence-corrected chi connectivity index (χ1v) is 9.55. The Kier molecular flexibility index (Phi) is 5.51. The van der Waals surface area contributed by atoms with Crippen LogP contribution in [0.15, 0.2) is 43.0 Å². The van der Waals surface area contributed by atoms with Crippen LogP contribution in [0.25, 0.3) is 22.3 Å². The van der Waals surface area contributed by atoms with E-state index in [9.17, 15) is 18.0 Å². The number of nitrogens with zero attached hydrogens (tertiary/aromatic N) is 5. The van der Waals surface area contributed by atoms with Crippen molar-refractivity contribution in [3.63, 3.8) is 0 Å². The van der Waals surface area contributed by atoms with Gasteiger partial charge in [0.2, 0.25) is 0 Å². The van der Waals surface area contributed by atoms with Crippen LogP contribution in [0.3, 0.4) is 0 Å². The molecule has 0 bridgehead atoms. The van der Waals surface area contributed by atoms with Crippen molar-refractivity contribution in [2.45, 2.75) is 26.1 Å². The summed E-state index contributed by atoms with van der Waals surface area (Å²) < 4.78 is 43.3. The van der Waals surface area contributed by atoms with Crippen molar-refractivity contribution in [2.75, 3.05) is 11.9 Å². The second-order valence-corrected chi connectivity index (χ2v) is 7.23. The Bertz CT molecular complexity index is 1260. The van der Waals surface area contributed by atoms with E-state index < -0.39 is 12.8 Å². The number of alkyl halides is 3. The fourth-order valence-electron chi connectivity index (χ4n) is 2.87. The highest BCUT2D eigenvalue weighted by Crippen LogP contribution is 2.25. The fraction of sp³-hybridized carbons (Fsp3) is 0.250. The number of anilines is 1. The zero-order valence-corrected chi connectivity index (χ0v) is 17.0. The molecule has 0 aliphatic heterocycles. The van der Waals surface area contributed by atoms with Gasteiger partial charge in [-0.3, -0.25) is 9.48 Å². The maximum absolute atomic E-state index is 12.5. The molecule has 9 nitrogen and oxygen atoms in total. The summed E-state index contributed by atoms with van der Waals surface area (Å²) in [6, 6.07) is 4.66. The minimum absolute atomic E-state index is 0.129. The Hall–Kier alpha value is -3.96. The summed E-state index contributed by atoms with van der Waals surface area (Å²) in [4.78, 5) is 27.5. The second kappa shape index (κ2) is 8.29. The summed E-state index contributed by atoms with van der Waals surface area (Å²) in [5.41, 5.74) is 1.93. The van der Waals surface area contributed by atoms with Gasteiger partial charge in [0.1, 0.15) is 5.82 Å². The number of rotatable bonds is 6. The van der Waals surface area contributed by atoms with E-state index in [2.05, 4.69) is 35.1 Å². The third-order valence-corrected chi connectivity index (χ3v) is 4.41. The standard InChI is InChI=1S/C20H18F3N7O2/c1-11(2)30-9-13(8-26-30)18(31)29-17-6-15-12(7-25-17)5-16(27-15)14-3-4-24-19(28-14)32-10-20(21,22)23/h3-9,11,27H,10H2,1-2H3,(H,25,29,31). The van der Waals surface area contributed by atoms with Gasteiger partial charge in [-0.25, -0.2) is 9.97 Å². The first-order valence-electron chi connectivity index (χ1n) is 9.55. The smallest absolute Gasteiger partial charge is 0.422 e. The van der Waals surface area contributed by atoms with Crippen molar-refractivity contribution in [3.8, 4) is 17.4 Å². The molecule has 4 aromatic rings. The van der Waals surface area contributed by atoms with Crippen molar-refractivity contribution >= 4 is 22.6 Å². The summed E-state index contributed by atoms with van der Waals surface area (Å²) in [5.74, 6) is -0.0251. The quantitative estimate of drug-likeness (QED) is 0.464. The van der Waals surface area contributed by atoms with Gasteiger partial charge in [0.05, 0.1) is 28.7 Å². The Balaban J connectivity index is 1.52. The molecule has 0 unspecified atom stereocenters. The molecule has 4 rings (SSSR count). The van der Waals surface area contributed by atoms with Gasteiger partial charge in [0, 0.05) is 36.1 Å². The molecule has 4 aromatic heterocycles. The Morgan fingerprint density at radius 1 is 1.25 bits per heavy atom. The number of ether oxygens (including phenoxy) is 1. The summed E-state index contributed by atoms with van der Waals surface area (Å²) in [6.45, 7) is 2.43. The molecule has 166 valence electrons. The van der Waals surface area contributed by atoms with Crippen LogP contribution >= 0.6 is 0 Å². The molecule has 2 N–H and O–H groups in total. The van der Waals surface area contributed by atoms with Gasteiger partial charge in [-0.15, -0.1) is 0 Å². The van der Waals surface area contributed by atoms with Crippen molar-refractivity contribution in [1.29, 1.82) is 0 Å². The Morgan fingerprint density at radius 3 is 2.78 bits per heavy atom. The van der Waals surface area contributed by atoms with E-state index in [1.807, 2.05) is 13.8 Å². The topological polar surface area (TPSA) is 111 Å². The number of hydrogen-bond donors (Lipinski definition) is 2. The predicted molar refractivity (Wildman–Crippen MR) is 109 cm³/mol. The molecule has 12 heteroatoms. The van der Waals surface area contributed by atoms with E-state index in [1.54, 1.807) is 29.2 Å². The predicted octanol–water partition coefficient (Wildman–Crippen LogP) is 3.99. The average Bonchev–Trinajstić information content (AvgIpc) is 3.39. The van der Waals surface area contributed by atoms with Crippen LogP contribution in [0.5, 0.6) is 6.01 Å². The van der Waals surface area contributed by atoms with E-state index in [0.717, 1.165) is 5.39 Å². The molecular formula is C20H18F3N7O2. The van der Waals surface area contributed by atoms with E-state index in [-0.39, 0.29) is 18.0 Å². The number of hydrogen-bond acceptors (Lipinski definition) is 6. The monoisotopic (exact) mass is 445 g/mol.